The van der Waals surface area contributed by atoms with Crippen LogP contribution in [0, 0.1) is 0 Å². The van der Waals surface area contributed by atoms with Gasteiger partial charge in [0.25, 0.3) is 0 Å². The Balaban J connectivity index is 1.73. The normalized spacial score (nSPS) is 26.3. The van der Waals surface area contributed by atoms with Crippen LogP contribution in [0.1, 0.15) is 47.3 Å². The van der Waals surface area contributed by atoms with Gasteiger partial charge >= 0.3 is 0 Å². The van der Waals surface area contributed by atoms with Gasteiger partial charge in [-0.25, -0.2) is 0 Å². The van der Waals surface area contributed by atoms with Crippen LogP contribution in [0.3, 0.4) is 0 Å². The molecule has 3 aromatic carbocycles. The molecule has 2 N–H and O–H groups in total. The van der Waals surface area contributed by atoms with Crippen molar-refractivity contribution in [3.05, 3.63) is 108 Å². The lowest BCUT2D eigenvalue weighted by Gasteiger charge is -2.42. The zero-order chi connectivity index (χ0) is 17.1. The Bertz CT molecular complexity index is 782. The fourth-order valence-electron chi connectivity index (χ4n) is 4.54. The Hall–Kier alpha value is -2.38. The molecular formula is C24H25N. The molecule has 1 heteroatoms. The molecule has 0 saturated heterocycles. The predicted octanol–water partition coefficient (Wildman–Crippen LogP) is 5.46. The van der Waals surface area contributed by atoms with Gasteiger partial charge in [0, 0.05) is 12.0 Å². The van der Waals surface area contributed by atoms with Crippen LogP contribution < -0.4 is 5.73 Å². The summed E-state index contributed by atoms with van der Waals surface area (Å²) in [5, 5.41) is 0. The molecular weight excluding hydrogens is 302 g/mol. The van der Waals surface area contributed by atoms with Gasteiger partial charge in [-0.2, -0.15) is 0 Å². The molecule has 0 aromatic heterocycles. The highest BCUT2D eigenvalue weighted by Crippen LogP contribution is 2.48. The molecule has 0 radical (unpaired) electrons. The molecule has 0 bridgehead atoms. The second-order valence-electron chi connectivity index (χ2n) is 7.13. The van der Waals surface area contributed by atoms with E-state index in [1.807, 2.05) is 0 Å². The van der Waals surface area contributed by atoms with Crippen LogP contribution in [0.2, 0.25) is 0 Å². The highest BCUT2D eigenvalue weighted by molar-refractivity contribution is 5.34. The summed E-state index contributed by atoms with van der Waals surface area (Å²) in [4.78, 5) is 0. The summed E-state index contributed by atoms with van der Waals surface area (Å²) < 4.78 is 0. The second kappa shape index (κ2) is 7.25. The van der Waals surface area contributed by atoms with Crippen LogP contribution in [-0.2, 0) is 0 Å². The van der Waals surface area contributed by atoms with E-state index < -0.39 is 0 Å². The summed E-state index contributed by atoms with van der Waals surface area (Å²) in [7, 11) is 0. The van der Waals surface area contributed by atoms with Crippen LogP contribution in [0.4, 0.5) is 0 Å². The van der Waals surface area contributed by atoms with Crippen molar-refractivity contribution < 1.29 is 0 Å². The molecule has 0 unspecified atom stereocenters. The van der Waals surface area contributed by atoms with Gasteiger partial charge in [0.05, 0.1) is 0 Å². The van der Waals surface area contributed by atoms with E-state index in [2.05, 4.69) is 91.0 Å². The summed E-state index contributed by atoms with van der Waals surface area (Å²) in [6.45, 7) is 0. The molecule has 4 rings (SSSR count). The topological polar surface area (TPSA) is 26.0 Å². The standard InChI is InChI=1S/C24H25N/c25-24-22(19-12-6-2-7-13-19)17-16-21(18-10-4-1-5-11-18)23(24)20-14-8-3-9-15-20/h1-15,21-24H,16-17,25H2/t21-,22-,23-,24+/m1/s1. The smallest absolute Gasteiger partial charge is 0.0183 e. The van der Waals surface area contributed by atoms with E-state index in [9.17, 15) is 0 Å². The SMILES string of the molecule is N[C@@H]1[C@H](c2ccccc2)[C@@H](c2ccccc2)CC[C@@H]1c1ccccc1. The molecule has 1 aliphatic rings. The van der Waals surface area contributed by atoms with Gasteiger partial charge in [0.1, 0.15) is 0 Å². The van der Waals surface area contributed by atoms with Crippen molar-refractivity contribution in [2.45, 2.75) is 36.6 Å². The summed E-state index contributed by atoms with van der Waals surface area (Å²) in [6.07, 6.45) is 2.32. The number of nitrogens with two attached hydrogens (primary N) is 1. The van der Waals surface area contributed by atoms with E-state index in [0.717, 1.165) is 6.42 Å². The molecule has 1 aliphatic carbocycles. The zero-order valence-electron chi connectivity index (χ0n) is 14.5. The lowest BCUT2D eigenvalue weighted by molar-refractivity contribution is 0.300. The van der Waals surface area contributed by atoms with Crippen LogP contribution in [-0.4, -0.2) is 6.04 Å². The number of rotatable bonds is 3. The summed E-state index contributed by atoms with van der Waals surface area (Å²) in [6, 6.07) is 32.7. The fourth-order valence-corrected chi connectivity index (χ4v) is 4.54. The first-order valence-corrected chi connectivity index (χ1v) is 9.25. The lowest BCUT2D eigenvalue weighted by atomic mass is 9.64. The first-order valence-electron chi connectivity index (χ1n) is 9.25. The van der Waals surface area contributed by atoms with E-state index >= 15 is 0 Å². The van der Waals surface area contributed by atoms with Crippen molar-refractivity contribution >= 4 is 0 Å². The van der Waals surface area contributed by atoms with Gasteiger partial charge in [-0.1, -0.05) is 91.0 Å². The van der Waals surface area contributed by atoms with Crippen molar-refractivity contribution in [1.82, 2.24) is 0 Å². The monoisotopic (exact) mass is 327 g/mol. The third kappa shape index (κ3) is 3.25. The summed E-state index contributed by atoms with van der Waals surface area (Å²) >= 11 is 0. The van der Waals surface area contributed by atoms with E-state index in [1.54, 1.807) is 0 Å². The minimum Gasteiger partial charge on any atom is -0.327 e. The minimum absolute atomic E-state index is 0.128. The highest BCUT2D eigenvalue weighted by atomic mass is 14.7. The maximum atomic E-state index is 6.92. The van der Waals surface area contributed by atoms with Gasteiger partial charge in [0.2, 0.25) is 0 Å². The van der Waals surface area contributed by atoms with E-state index in [4.69, 9.17) is 5.73 Å². The molecule has 126 valence electrons. The molecule has 1 saturated carbocycles. The Kier molecular flexibility index (Phi) is 4.67. The molecule has 0 heterocycles. The molecule has 0 amide bonds. The van der Waals surface area contributed by atoms with Crippen LogP contribution >= 0.6 is 0 Å². The van der Waals surface area contributed by atoms with Crippen molar-refractivity contribution in [3.63, 3.8) is 0 Å². The van der Waals surface area contributed by atoms with Crippen LogP contribution in [0.25, 0.3) is 0 Å². The molecule has 25 heavy (non-hydrogen) atoms. The third-order valence-electron chi connectivity index (χ3n) is 5.74. The Morgan fingerprint density at radius 3 is 1.44 bits per heavy atom. The molecule has 1 nitrogen and oxygen atoms in total. The number of hydrogen-bond donors (Lipinski definition) is 1. The average Bonchev–Trinajstić information content (AvgIpc) is 2.70. The number of benzene rings is 3. The lowest BCUT2D eigenvalue weighted by Crippen LogP contribution is -2.41. The van der Waals surface area contributed by atoms with Gasteiger partial charge in [0.15, 0.2) is 0 Å². The van der Waals surface area contributed by atoms with Gasteiger partial charge in [-0.15, -0.1) is 0 Å². The van der Waals surface area contributed by atoms with Gasteiger partial charge < -0.3 is 5.73 Å². The van der Waals surface area contributed by atoms with Gasteiger partial charge in [-0.3, -0.25) is 0 Å². The third-order valence-corrected chi connectivity index (χ3v) is 5.74. The molecule has 0 aliphatic heterocycles. The van der Waals surface area contributed by atoms with Crippen molar-refractivity contribution in [1.29, 1.82) is 0 Å². The zero-order valence-corrected chi connectivity index (χ0v) is 14.5. The second-order valence-corrected chi connectivity index (χ2v) is 7.13. The minimum atomic E-state index is 0.128. The maximum Gasteiger partial charge on any atom is 0.0183 e. The number of hydrogen-bond acceptors (Lipinski definition) is 1. The fraction of sp³-hybridized carbons (Fsp3) is 0.250. The largest absolute Gasteiger partial charge is 0.327 e. The Labute approximate surface area is 150 Å². The van der Waals surface area contributed by atoms with Gasteiger partial charge in [-0.05, 0) is 41.4 Å². The van der Waals surface area contributed by atoms with Crippen molar-refractivity contribution in [2.75, 3.05) is 0 Å². The van der Waals surface area contributed by atoms with E-state index in [0.29, 0.717) is 17.8 Å². The first kappa shape index (κ1) is 16.1. The molecule has 4 atom stereocenters. The molecule has 0 spiro atoms. The quantitative estimate of drug-likeness (QED) is 0.679. The van der Waals surface area contributed by atoms with Crippen LogP contribution in [0.15, 0.2) is 91.0 Å². The van der Waals surface area contributed by atoms with Crippen molar-refractivity contribution in [2.24, 2.45) is 5.73 Å². The molecule has 1 fully saturated rings. The van der Waals surface area contributed by atoms with Crippen LogP contribution in [0.5, 0.6) is 0 Å². The Morgan fingerprint density at radius 1 is 0.520 bits per heavy atom. The predicted molar refractivity (Wildman–Crippen MR) is 105 cm³/mol. The maximum absolute atomic E-state index is 6.92. The molecule has 3 aromatic rings. The van der Waals surface area contributed by atoms with E-state index in [1.165, 1.54) is 23.1 Å². The Morgan fingerprint density at radius 2 is 0.920 bits per heavy atom. The van der Waals surface area contributed by atoms with Crippen molar-refractivity contribution in [3.8, 4) is 0 Å². The highest BCUT2D eigenvalue weighted by Gasteiger charge is 2.39. The average molecular weight is 327 g/mol. The summed E-state index contributed by atoms with van der Waals surface area (Å²) in [5.74, 6) is 1.26. The van der Waals surface area contributed by atoms with E-state index in [-0.39, 0.29) is 6.04 Å². The first-order chi connectivity index (χ1) is 12.3. The summed E-state index contributed by atoms with van der Waals surface area (Å²) in [5.41, 5.74) is 11.1.